The quantitative estimate of drug-likeness (QED) is 0.748. The topological polar surface area (TPSA) is 49.9 Å². The van der Waals surface area contributed by atoms with Crippen molar-refractivity contribution in [1.82, 2.24) is 9.80 Å². The summed E-state index contributed by atoms with van der Waals surface area (Å²) in [4.78, 5) is 29.1. The minimum absolute atomic E-state index is 0.00531. The zero-order valence-electron chi connectivity index (χ0n) is 15.3. The lowest BCUT2D eigenvalue weighted by molar-refractivity contribution is -0.162. The van der Waals surface area contributed by atoms with Crippen molar-refractivity contribution in [2.24, 2.45) is 5.92 Å². The predicted molar refractivity (Wildman–Crippen MR) is 90.0 cm³/mol. The number of ether oxygens (including phenoxy) is 1. The number of hydrogen-bond donors (Lipinski definition) is 0. The Labute approximate surface area is 140 Å². The summed E-state index contributed by atoms with van der Waals surface area (Å²) in [6, 6.07) is 0.273. The molecule has 132 valence electrons. The van der Waals surface area contributed by atoms with Gasteiger partial charge >= 0.3 is 5.97 Å². The Balaban J connectivity index is 1.89. The third-order valence-electron chi connectivity index (χ3n) is 4.78. The van der Waals surface area contributed by atoms with Crippen molar-refractivity contribution in [2.45, 2.75) is 78.0 Å². The molecule has 2 rings (SSSR count). The monoisotopic (exact) mass is 324 g/mol. The highest BCUT2D eigenvalue weighted by Crippen LogP contribution is 2.26. The van der Waals surface area contributed by atoms with Gasteiger partial charge in [-0.1, -0.05) is 0 Å². The van der Waals surface area contributed by atoms with Crippen molar-refractivity contribution in [3.63, 3.8) is 0 Å². The second-order valence-electron chi connectivity index (χ2n) is 8.13. The van der Waals surface area contributed by atoms with Gasteiger partial charge in [0.15, 0.2) is 0 Å². The van der Waals surface area contributed by atoms with Crippen LogP contribution in [-0.2, 0) is 14.3 Å². The third-order valence-corrected chi connectivity index (χ3v) is 4.78. The fourth-order valence-electron chi connectivity index (χ4n) is 3.56. The maximum absolute atomic E-state index is 12.7. The molecule has 1 atom stereocenters. The number of carbonyl (C=O) groups excluding carboxylic acids is 2. The second-order valence-corrected chi connectivity index (χ2v) is 8.13. The lowest BCUT2D eigenvalue weighted by Gasteiger charge is -2.42. The van der Waals surface area contributed by atoms with Crippen LogP contribution in [0.5, 0.6) is 0 Å². The molecule has 0 aromatic carbocycles. The van der Waals surface area contributed by atoms with E-state index in [2.05, 4.69) is 18.7 Å². The number of amides is 1. The van der Waals surface area contributed by atoms with Crippen molar-refractivity contribution >= 4 is 11.9 Å². The SMILES string of the molecule is CC(C)N1CCCC(N2CCC(C(=O)OC(C)(C)C)CC2)C1=O. The van der Waals surface area contributed by atoms with Crippen LogP contribution in [0.3, 0.4) is 0 Å². The summed E-state index contributed by atoms with van der Waals surface area (Å²) in [5.74, 6) is 0.156. The maximum Gasteiger partial charge on any atom is 0.309 e. The van der Waals surface area contributed by atoms with E-state index in [9.17, 15) is 9.59 Å². The molecule has 5 nitrogen and oxygen atoms in total. The van der Waals surface area contributed by atoms with E-state index in [0.717, 1.165) is 45.3 Å². The number of esters is 1. The molecule has 5 heteroatoms. The van der Waals surface area contributed by atoms with E-state index in [1.165, 1.54) is 0 Å². The number of carbonyl (C=O) groups is 2. The van der Waals surface area contributed by atoms with E-state index in [4.69, 9.17) is 4.74 Å². The van der Waals surface area contributed by atoms with Crippen molar-refractivity contribution in [3.8, 4) is 0 Å². The Morgan fingerprint density at radius 1 is 1.13 bits per heavy atom. The minimum atomic E-state index is -0.425. The van der Waals surface area contributed by atoms with Crippen LogP contribution in [0.25, 0.3) is 0 Å². The molecule has 0 spiro atoms. The molecule has 0 aliphatic carbocycles. The molecular weight excluding hydrogens is 292 g/mol. The molecule has 0 bridgehead atoms. The van der Waals surface area contributed by atoms with Gasteiger partial charge in [-0.25, -0.2) is 0 Å². The zero-order chi connectivity index (χ0) is 17.2. The van der Waals surface area contributed by atoms with Gasteiger partial charge in [0.25, 0.3) is 0 Å². The Morgan fingerprint density at radius 2 is 1.74 bits per heavy atom. The normalized spacial score (nSPS) is 25.0. The number of piperidine rings is 2. The van der Waals surface area contributed by atoms with Crippen LogP contribution in [0.15, 0.2) is 0 Å². The number of hydrogen-bond acceptors (Lipinski definition) is 4. The van der Waals surface area contributed by atoms with Gasteiger partial charge in [0.05, 0.1) is 12.0 Å². The zero-order valence-corrected chi connectivity index (χ0v) is 15.3. The minimum Gasteiger partial charge on any atom is -0.460 e. The number of rotatable bonds is 3. The molecule has 0 radical (unpaired) electrons. The lowest BCUT2D eigenvalue weighted by Crippen LogP contribution is -2.56. The highest BCUT2D eigenvalue weighted by atomic mass is 16.6. The molecule has 2 saturated heterocycles. The first kappa shape index (κ1) is 18.2. The van der Waals surface area contributed by atoms with Gasteiger partial charge in [-0.05, 0) is 73.4 Å². The maximum atomic E-state index is 12.7. The van der Waals surface area contributed by atoms with E-state index in [1.807, 2.05) is 25.7 Å². The number of likely N-dealkylation sites (tertiary alicyclic amines) is 2. The first-order valence-electron chi connectivity index (χ1n) is 8.96. The van der Waals surface area contributed by atoms with Gasteiger partial charge in [-0.3, -0.25) is 14.5 Å². The summed E-state index contributed by atoms with van der Waals surface area (Å²) in [7, 11) is 0. The van der Waals surface area contributed by atoms with Crippen molar-refractivity contribution < 1.29 is 14.3 Å². The van der Waals surface area contributed by atoms with E-state index in [-0.39, 0.29) is 29.9 Å². The van der Waals surface area contributed by atoms with Crippen molar-refractivity contribution in [1.29, 1.82) is 0 Å². The van der Waals surface area contributed by atoms with Crippen LogP contribution in [0.2, 0.25) is 0 Å². The lowest BCUT2D eigenvalue weighted by atomic mass is 9.93. The standard InChI is InChI=1S/C18H32N2O3/c1-13(2)20-10-6-7-15(16(20)21)19-11-8-14(9-12-19)17(22)23-18(3,4)5/h13-15H,6-12H2,1-5H3. The Kier molecular flexibility index (Phi) is 5.71. The summed E-state index contributed by atoms with van der Waals surface area (Å²) >= 11 is 0. The third kappa shape index (κ3) is 4.69. The fraction of sp³-hybridized carbons (Fsp3) is 0.889. The summed E-state index contributed by atoms with van der Waals surface area (Å²) in [6.45, 7) is 12.4. The van der Waals surface area contributed by atoms with E-state index in [1.54, 1.807) is 0 Å². The molecule has 2 aliphatic heterocycles. The van der Waals surface area contributed by atoms with Gasteiger partial charge < -0.3 is 9.64 Å². The highest BCUT2D eigenvalue weighted by molar-refractivity contribution is 5.83. The van der Waals surface area contributed by atoms with E-state index < -0.39 is 5.60 Å². The summed E-state index contributed by atoms with van der Waals surface area (Å²) < 4.78 is 5.49. The van der Waals surface area contributed by atoms with Gasteiger partial charge in [0.1, 0.15) is 5.60 Å². The molecule has 2 fully saturated rings. The van der Waals surface area contributed by atoms with Crippen molar-refractivity contribution in [2.75, 3.05) is 19.6 Å². The average molecular weight is 324 g/mol. The molecule has 23 heavy (non-hydrogen) atoms. The molecule has 2 heterocycles. The average Bonchev–Trinajstić information content (AvgIpc) is 2.45. The fourth-order valence-corrected chi connectivity index (χ4v) is 3.56. The molecular formula is C18H32N2O3. The Hall–Kier alpha value is -1.10. The first-order chi connectivity index (χ1) is 10.7. The molecule has 1 amide bonds. The van der Waals surface area contributed by atoms with Crippen LogP contribution in [0.4, 0.5) is 0 Å². The van der Waals surface area contributed by atoms with Crippen LogP contribution in [0.1, 0.15) is 60.3 Å². The molecule has 2 aliphatic rings. The molecule has 0 aromatic rings. The first-order valence-corrected chi connectivity index (χ1v) is 8.96. The van der Waals surface area contributed by atoms with Crippen LogP contribution >= 0.6 is 0 Å². The second kappa shape index (κ2) is 7.20. The summed E-state index contributed by atoms with van der Waals surface area (Å²) in [5.41, 5.74) is -0.425. The molecule has 0 aromatic heterocycles. The Bertz CT molecular complexity index is 434. The molecule has 0 N–H and O–H groups in total. The van der Waals surface area contributed by atoms with Crippen LogP contribution in [-0.4, -0.2) is 59.0 Å². The Morgan fingerprint density at radius 3 is 2.26 bits per heavy atom. The number of nitrogens with zero attached hydrogens (tertiary/aromatic N) is 2. The van der Waals surface area contributed by atoms with E-state index >= 15 is 0 Å². The summed E-state index contributed by atoms with van der Waals surface area (Å²) in [6.07, 6.45) is 3.60. The predicted octanol–water partition coefficient (Wildman–Crippen LogP) is 2.44. The van der Waals surface area contributed by atoms with Crippen LogP contribution in [0, 0.1) is 5.92 Å². The van der Waals surface area contributed by atoms with Crippen LogP contribution < -0.4 is 0 Å². The smallest absolute Gasteiger partial charge is 0.309 e. The molecule has 1 unspecified atom stereocenters. The van der Waals surface area contributed by atoms with Gasteiger partial charge in [-0.15, -0.1) is 0 Å². The highest BCUT2D eigenvalue weighted by Gasteiger charge is 2.37. The molecule has 0 saturated carbocycles. The van der Waals surface area contributed by atoms with Crippen molar-refractivity contribution in [3.05, 3.63) is 0 Å². The van der Waals surface area contributed by atoms with Gasteiger partial charge in [0.2, 0.25) is 5.91 Å². The van der Waals surface area contributed by atoms with E-state index in [0.29, 0.717) is 0 Å². The van der Waals surface area contributed by atoms with Gasteiger partial charge in [0, 0.05) is 12.6 Å². The summed E-state index contributed by atoms with van der Waals surface area (Å²) in [5, 5.41) is 0. The largest absolute Gasteiger partial charge is 0.460 e. The van der Waals surface area contributed by atoms with Gasteiger partial charge in [-0.2, -0.15) is 0 Å².